The summed E-state index contributed by atoms with van der Waals surface area (Å²) in [5.74, 6) is 0.763. The maximum Gasteiger partial charge on any atom is 0.239 e. The number of halogens is 1. The number of ether oxygens (including phenoxy) is 1. The first-order valence-electron chi connectivity index (χ1n) is 5.29. The van der Waals surface area contributed by atoms with Crippen LogP contribution in [0.3, 0.4) is 0 Å². The number of rotatable bonds is 5. The highest BCUT2D eigenvalue weighted by Gasteiger charge is 2.22. The number of amides is 1. The summed E-state index contributed by atoms with van der Waals surface area (Å²) in [6, 6.07) is 0.365. The second-order valence-electron chi connectivity index (χ2n) is 3.75. The van der Waals surface area contributed by atoms with Crippen LogP contribution in [0.15, 0.2) is 10.7 Å². The van der Waals surface area contributed by atoms with Crippen molar-refractivity contribution in [1.29, 1.82) is 0 Å². The lowest BCUT2D eigenvalue weighted by molar-refractivity contribution is -0.119. The van der Waals surface area contributed by atoms with E-state index in [0.717, 1.165) is 12.8 Å². The van der Waals surface area contributed by atoms with Gasteiger partial charge in [0.1, 0.15) is 0 Å². The zero-order valence-electron chi connectivity index (χ0n) is 9.36. The first-order chi connectivity index (χ1) is 8.19. The van der Waals surface area contributed by atoms with E-state index in [9.17, 15) is 4.79 Å². The number of methoxy groups -OCH3 is 1. The molecular formula is C10H13BrN4O2. The standard InChI is InChI=1S/C10H13BrN4O2/c1-17-9-7(11)4-12-10(15-9)13-5-8(16)14-6-2-3-6/h4,6H,2-3,5H2,1H3,(H,14,16)(H,12,13,15). The molecule has 0 unspecified atom stereocenters. The van der Waals surface area contributed by atoms with Gasteiger partial charge < -0.3 is 15.4 Å². The molecule has 2 rings (SSSR count). The van der Waals surface area contributed by atoms with Crippen LogP contribution in [0, 0.1) is 0 Å². The lowest BCUT2D eigenvalue weighted by Crippen LogP contribution is -2.31. The zero-order chi connectivity index (χ0) is 12.3. The van der Waals surface area contributed by atoms with Crippen LogP contribution in [0.1, 0.15) is 12.8 Å². The molecular weight excluding hydrogens is 288 g/mol. The zero-order valence-corrected chi connectivity index (χ0v) is 11.0. The van der Waals surface area contributed by atoms with Gasteiger partial charge in [0.25, 0.3) is 0 Å². The predicted octanol–water partition coefficient (Wildman–Crippen LogP) is 0.938. The van der Waals surface area contributed by atoms with Crippen LogP contribution >= 0.6 is 15.9 Å². The molecule has 1 aliphatic carbocycles. The Hall–Kier alpha value is -1.37. The van der Waals surface area contributed by atoms with Gasteiger partial charge in [0, 0.05) is 6.04 Å². The summed E-state index contributed by atoms with van der Waals surface area (Å²) in [5, 5.41) is 5.71. The van der Waals surface area contributed by atoms with Crippen molar-refractivity contribution in [2.45, 2.75) is 18.9 Å². The number of nitrogens with one attached hydrogen (secondary N) is 2. The molecule has 0 atom stereocenters. The number of hydrogen-bond donors (Lipinski definition) is 2. The maximum atomic E-state index is 11.4. The summed E-state index contributed by atoms with van der Waals surface area (Å²) in [7, 11) is 1.52. The Kier molecular flexibility index (Phi) is 3.78. The van der Waals surface area contributed by atoms with Gasteiger partial charge in [0.2, 0.25) is 17.7 Å². The average Bonchev–Trinajstić information content (AvgIpc) is 3.12. The Labute approximate surface area is 107 Å². The third-order valence-electron chi connectivity index (χ3n) is 2.25. The molecule has 2 N–H and O–H groups in total. The number of carbonyl (C=O) groups excluding carboxylic acids is 1. The van der Waals surface area contributed by atoms with E-state index in [1.807, 2.05) is 0 Å². The summed E-state index contributed by atoms with van der Waals surface area (Å²) in [6.45, 7) is 0.168. The van der Waals surface area contributed by atoms with E-state index in [1.54, 1.807) is 6.20 Å². The minimum absolute atomic E-state index is 0.0435. The van der Waals surface area contributed by atoms with Crippen molar-refractivity contribution in [2.75, 3.05) is 19.0 Å². The van der Waals surface area contributed by atoms with E-state index in [0.29, 0.717) is 22.3 Å². The van der Waals surface area contributed by atoms with Crippen molar-refractivity contribution < 1.29 is 9.53 Å². The molecule has 1 aliphatic rings. The summed E-state index contributed by atoms with van der Waals surface area (Å²) in [5.41, 5.74) is 0. The number of hydrogen-bond acceptors (Lipinski definition) is 5. The van der Waals surface area contributed by atoms with Crippen molar-refractivity contribution in [1.82, 2.24) is 15.3 Å². The highest BCUT2D eigenvalue weighted by atomic mass is 79.9. The molecule has 1 aromatic heterocycles. The topological polar surface area (TPSA) is 76.1 Å². The summed E-state index contributed by atoms with van der Waals surface area (Å²) < 4.78 is 5.70. The highest BCUT2D eigenvalue weighted by Crippen LogP contribution is 2.21. The van der Waals surface area contributed by atoms with Gasteiger partial charge >= 0.3 is 0 Å². The van der Waals surface area contributed by atoms with Crippen molar-refractivity contribution in [3.8, 4) is 5.88 Å². The molecule has 1 aromatic rings. The third-order valence-corrected chi connectivity index (χ3v) is 2.80. The molecule has 0 saturated heterocycles. The fourth-order valence-corrected chi connectivity index (χ4v) is 1.60. The first kappa shape index (κ1) is 12.1. The van der Waals surface area contributed by atoms with Crippen LogP contribution < -0.4 is 15.4 Å². The second-order valence-corrected chi connectivity index (χ2v) is 4.60. The second kappa shape index (κ2) is 5.31. The van der Waals surface area contributed by atoms with Crippen molar-refractivity contribution in [2.24, 2.45) is 0 Å². The summed E-state index contributed by atoms with van der Waals surface area (Å²) in [6.07, 6.45) is 3.73. The van der Waals surface area contributed by atoms with Gasteiger partial charge in [-0.1, -0.05) is 0 Å². The first-order valence-corrected chi connectivity index (χ1v) is 6.08. The van der Waals surface area contributed by atoms with Crippen LogP contribution in [0.25, 0.3) is 0 Å². The lowest BCUT2D eigenvalue weighted by Gasteiger charge is -2.07. The smallest absolute Gasteiger partial charge is 0.239 e. The van der Waals surface area contributed by atoms with Gasteiger partial charge in [-0.25, -0.2) is 4.98 Å². The van der Waals surface area contributed by atoms with E-state index < -0.39 is 0 Å². The van der Waals surface area contributed by atoms with E-state index in [2.05, 4.69) is 36.5 Å². The quantitative estimate of drug-likeness (QED) is 0.846. The van der Waals surface area contributed by atoms with Gasteiger partial charge in [-0.3, -0.25) is 4.79 Å². The molecule has 92 valence electrons. The number of carbonyl (C=O) groups is 1. The summed E-state index contributed by atoms with van der Waals surface area (Å²) in [4.78, 5) is 19.5. The van der Waals surface area contributed by atoms with E-state index in [1.165, 1.54) is 7.11 Å². The number of anilines is 1. The van der Waals surface area contributed by atoms with Crippen LogP contribution in [0.5, 0.6) is 5.88 Å². The van der Waals surface area contributed by atoms with Crippen molar-refractivity contribution in [3.05, 3.63) is 10.7 Å². The molecule has 0 radical (unpaired) electrons. The molecule has 0 bridgehead atoms. The fraction of sp³-hybridized carbons (Fsp3) is 0.500. The Morgan fingerprint density at radius 1 is 1.65 bits per heavy atom. The van der Waals surface area contributed by atoms with Crippen LogP contribution in [-0.4, -0.2) is 35.6 Å². The van der Waals surface area contributed by atoms with Crippen LogP contribution in [-0.2, 0) is 4.79 Å². The van der Waals surface area contributed by atoms with Crippen LogP contribution in [0.2, 0.25) is 0 Å². The van der Waals surface area contributed by atoms with Gasteiger partial charge in [-0.2, -0.15) is 4.98 Å². The Morgan fingerprint density at radius 2 is 2.41 bits per heavy atom. The van der Waals surface area contributed by atoms with Gasteiger partial charge in [-0.15, -0.1) is 0 Å². The highest BCUT2D eigenvalue weighted by molar-refractivity contribution is 9.10. The van der Waals surface area contributed by atoms with Gasteiger partial charge in [-0.05, 0) is 28.8 Å². The number of nitrogens with zero attached hydrogens (tertiary/aromatic N) is 2. The molecule has 6 nitrogen and oxygen atoms in total. The minimum Gasteiger partial charge on any atom is -0.480 e. The third kappa shape index (κ3) is 3.55. The van der Waals surface area contributed by atoms with Gasteiger partial charge in [0.05, 0.1) is 24.3 Å². The van der Waals surface area contributed by atoms with Crippen molar-refractivity contribution in [3.63, 3.8) is 0 Å². The molecule has 1 saturated carbocycles. The fourth-order valence-electron chi connectivity index (χ4n) is 1.25. The van der Waals surface area contributed by atoms with E-state index in [-0.39, 0.29) is 12.5 Å². The molecule has 0 aliphatic heterocycles. The Balaban J connectivity index is 1.87. The summed E-state index contributed by atoms with van der Waals surface area (Å²) >= 11 is 3.25. The molecule has 0 aromatic carbocycles. The largest absolute Gasteiger partial charge is 0.480 e. The minimum atomic E-state index is -0.0435. The number of aromatic nitrogens is 2. The molecule has 0 spiro atoms. The van der Waals surface area contributed by atoms with Crippen molar-refractivity contribution >= 4 is 27.8 Å². The SMILES string of the molecule is COc1nc(NCC(=O)NC2CC2)ncc1Br. The molecule has 1 amide bonds. The Morgan fingerprint density at radius 3 is 3.06 bits per heavy atom. The van der Waals surface area contributed by atoms with Crippen LogP contribution in [0.4, 0.5) is 5.95 Å². The molecule has 1 fully saturated rings. The Bertz CT molecular complexity index is 423. The monoisotopic (exact) mass is 300 g/mol. The predicted molar refractivity (Wildman–Crippen MR) is 65.9 cm³/mol. The molecule has 1 heterocycles. The molecule has 7 heteroatoms. The van der Waals surface area contributed by atoms with Gasteiger partial charge in [0.15, 0.2) is 0 Å². The normalized spacial score (nSPS) is 14.2. The maximum absolute atomic E-state index is 11.4. The molecule has 17 heavy (non-hydrogen) atoms. The van der Waals surface area contributed by atoms with E-state index in [4.69, 9.17) is 4.74 Å². The average molecular weight is 301 g/mol. The lowest BCUT2D eigenvalue weighted by atomic mass is 10.5. The van der Waals surface area contributed by atoms with E-state index >= 15 is 0 Å².